The Hall–Kier alpha value is -1.02. The molecule has 0 amide bonds. The highest BCUT2D eigenvalue weighted by atomic mass is 16.6. The summed E-state index contributed by atoms with van der Waals surface area (Å²) in [7, 11) is 1.71. The lowest BCUT2D eigenvalue weighted by Gasteiger charge is -2.07. The summed E-state index contributed by atoms with van der Waals surface area (Å²) in [6, 6.07) is 6.32. The van der Waals surface area contributed by atoms with E-state index in [9.17, 15) is 0 Å². The minimum atomic E-state index is 0.247. The molecule has 0 aliphatic carbocycles. The van der Waals surface area contributed by atoms with Crippen LogP contribution < -0.4 is 4.74 Å². The molecule has 1 heterocycles. The summed E-state index contributed by atoms with van der Waals surface area (Å²) in [5, 5.41) is 0. The number of rotatable bonds is 3. The zero-order valence-corrected chi connectivity index (χ0v) is 8.91. The normalized spacial score (nSPS) is 24.8. The number of ether oxygens (including phenoxy) is 2. The standard InChI is InChI=1S/C12H16O2/c1-4-9-5-6-11(13-3)10(7-9)12-8(2)14-12/h5-8,12H,4H2,1-3H3. The maximum Gasteiger partial charge on any atom is 0.124 e. The van der Waals surface area contributed by atoms with Gasteiger partial charge >= 0.3 is 0 Å². The highest BCUT2D eigenvalue weighted by molar-refractivity contribution is 5.41. The Morgan fingerprint density at radius 3 is 2.64 bits per heavy atom. The molecule has 2 rings (SSSR count). The van der Waals surface area contributed by atoms with Gasteiger partial charge in [0.1, 0.15) is 11.9 Å². The second-order valence-electron chi connectivity index (χ2n) is 3.69. The van der Waals surface area contributed by atoms with Gasteiger partial charge < -0.3 is 9.47 Å². The van der Waals surface area contributed by atoms with Gasteiger partial charge in [0, 0.05) is 5.56 Å². The van der Waals surface area contributed by atoms with Crippen molar-refractivity contribution in [2.24, 2.45) is 0 Å². The summed E-state index contributed by atoms with van der Waals surface area (Å²) in [5.74, 6) is 0.941. The third kappa shape index (κ3) is 1.62. The van der Waals surface area contributed by atoms with Crippen molar-refractivity contribution < 1.29 is 9.47 Å². The Morgan fingerprint density at radius 2 is 2.14 bits per heavy atom. The van der Waals surface area contributed by atoms with Gasteiger partial charge in [-0.15, -0.1) is 0 Å². The fourth-order valence-corrected chi connectivity index (χ4v) is 1.74. The summed E-state index contributed by atoms with van der Waals surface area (Å²) < 4.78 is 10.8. The van der Waals surface area contributed by atoms with Crippen LogP contribution >= 0.6 is 0 Å². The van der Waals surface area contributed by atoms with Gasteiger partial charge in [0.05, 0.1) is 13.2 Å². The third-order valence-electron chi connectivity index (χ3n) is 2.72. The van der Waals surface area contributed by atoms with E-state index in [0.29, 0.717) is 6.10 Å². The fraction of sp³-hybridized carbons (Fsp3) is 0.500. The van der Waals surface area contributed by atoms with Crippen molar-refractivity contribution in [3.8, 4) is 5.75 Å². The molecule has 1 aliphatic rings. The van der Waals surface area contributed by atoms with E-state index in [4.69, 9.17) is 9.47 Å². The fourth-order valence-electron chi connectivity index (χ4n) is 1.74. The molecule has 0 N–H and O–H groups in total. The van der Waals surface area contributed by atoms with Crippen molar-refractivity contribution in [1.82, 2.24) is 0 Å². The number of benzene rings is 1. The first-order valence-corrected chi connectivity index (χ1v) is 5.08. The summed E-state index contributed by atoms with van der Waals surface area (Å²) in [4.78, 5) is 0. The van der Waals surface area contributed by atoms with Crippen LogP contribution in [0, 0.1) is 0 Å². The first kappa shape index (κ1) is 9.53. The minimum Gasteiger partial charge on any atom is -0.496 e. The van der Waals surface area contributed by atoms with Crippen LogP contribution in [0.4, 0.5) is 0 Å². The lowest BCUT2D eigenvalue weighted by Crippen LogP contribution is -1.93. The van der Waals surface area contributed by atoms with Crippen molar-refractivity contribution in [3.63, 3.8) is 0 Å². The number of epoxide rings is 1. The second-order valence-corrected chi connectivity index (χ2v) is 3.69. The lowest BCUT2D eigenvalue weighted by molar-refractivity contribution is 0.368. The van der Waals surface area contributed by atoms with E-state index in [-0.39, 0.29) is 6.10 Å². The quantitative estimate of drug-likeness (QED) is 0.687. The molecule has 0 saturated carbocycles. The van der Waals surface area contributed by atoms with Crippen LogP contribution in [0.5, 0.6) is 5.75 Å². The smallest absolute Gasteiger partial charge is 0.124 e. The third-order valence-corrected chi connectivity index (χ3v) is 2.72. The first-order chi connectivity index (χ1) is 6.76. The molecule has 0 bridgehead atoms. The SMILES string of the molecule is CCc1ccc(OC)c(C2OC2C)c1. The van der Waals surface area contributed by atoms with Gasteiger partial charge in [-0.1, -0.05) is 13.0 Å². The van der Waals surface area contributed by atoms with E-state index in [1.165, 1.54) is 11.1 Å². The van der Waals surface area contributed by atoms with Crippen molar-refractivity contribution in [1.29, 1.82) is 0 Å². The summed E-state index contributed by atoms with van der Waals surface area (Å²) in [6.45, 7) is 4.24. The minimum absolute atomic E-state index is 0.247. The number of hydrogen-bond acceptors (Lipinski definition) is 2. The molecule has 1 aliphatic heterocycles. The average molecular weight is 192 g/mol. The van der Waals surface area contributed by atoms with E-state index in [0.717, 1.165) is 12.2 Å². The van der Waals surface area contributed by atoms with Gasteiger partial charge in [-0.05, 0) is 31.0 Å². The van der Waals surface area contributed by atoms with Crippen LogP contribution in [0.15, 0.2) is 18.2 Å². The molecule has 2 heteroatoms. The van der Waals surface area contributed by atoms with E-state index in [1.807, 2.05) is 6.07 Å². The molecule has 14 heavy (non-hydrogen) atoms. The molecule has 2 unspecified atom stereocenters. The summed E-state index contributed by atoms with van der Waals surface area (Å²) >= 11 is 0. The molecule has 76 valence electrons. The van der Waals surface area contributed by atoms with Gasteiger partial charge in [0.25, 0.3) is 0 Å². The van der Waals surface area contributed by atoms with Gasteiger partial charge in [0.2, 0.25) is 0 Å². The van der Waals surface area contributed by atoms with Crippen LogP contribution in [0.2, 0.25) is 0 Å². The molecule has 0 aromatic heterocycles. The molecule has 1 fully saturated rings. The Bertz CT molecular complexity index is 333. The molecule has 1 aromatic carbocycles. The maximum absolute atomic E-state index is 5.46. The molecule has 0 radical (unpaired) electrons. The Balaban J connectivity index is 2.33. The zero-order chi connectivity index (χ0) is 10.1. The predicted octanol–water partition coefficient (Wildman–Crippen LogP) is 2.72. The van der Waals surface area contributed by atoms with Crippen molar-refractivity contribution in [3.05, 3.63) is 29.3 Å². The van der Waals surface area contributed by atoms with Crippen LogP contribution in [0.1, 0.15) is 31.1 Å². The van der Waals surface area contributed by atoms with Gasteiger partial charge in [-0.3, -0.25) is 0 Å². The average Bonchev–Trinajstić information content (AvgIpc) is 2.94. The molecule has 0 spiro atoms. The van der Waals surface area contributed by atoms with Crippen LogP contribution in [-0.4, -0.2) is 13.2 Å². The largest absolute Gasteiger partial charge is 0.496 e. The summed E-state index contributed by atoms with van der Waals surface area (Å²) in [5.41, 5.74) is 2.53. The Labute approximate surface area is 84.8 Å². The molecule has 1 saturated heterocycles. The van der Waals surface area contributed by atoms with E-state index < -0.39 is 0 Å². The van der Waals surface area contributed by atoms with Crippen LogP contribution in [0.3, 0.4) is 0 Å². The topological polar surface area (TPSA) is 21.8 Å². The van der Waals surface area contributed by atoms with E-state index >= 15 is 0 Å². The maximum atomic E-state index is 5.46. The van der Waals surface area contributed by atoms with Crippen molar-refractivity contribution in [2.75, 3.05) is 7.11 Å². The second kappa shape index (κ2) is 3.62. The number of aryl methyl sites for hydroxylation is 1. The number of hydrogen-bond donors (Lipinski definition) is 0. The predicted molar refractivity (Wildman–Crippen MR) is 55.7 cm³/mol. The molecular weight excluding hydrogens is 176 g/mol. The summed E-state index contributed by atoms with van der Waals surface area (Å²) in [6.07, 6.45) is 1.64. The first-order valence-electron chi connectivity index (χ1n) is 5.08. The van der Waals surface area contributed by atoms with E-state index in [1.54, 1.807) is 7.11 Å². The highest BCUT2D eigenvalue weighted by Crippen LogP contribution is 2.42. The monoisotopic (exact) mass is 192 g/mol. The van der Waals surface area contributed by atoms with E-state index in [2.05, 4.69) is 26.0 Å². The van der Waals surface area contributed by atoms with Gasteiger partial charge in [0.15, 0.2) is 0 Å². The Morgan fingerprint density at radius 1 is 1.43 bits per heavy atom. The number of methoxy groups -OCH3 is 1. The van der Waals surface area contributed by atoms with Gasteiger partial charge in [-0.25, -0.2) is 0 Å². The lowest BCUT2D eigenvalue weighted by atomic mass is 10.0. The molecule has 2 nitrogen and oxygen atoms in total. The van der Waals surface area contributed by atoms with Crippen molar-refractivity contribution in [2.45, 2.75) is 32.5 Å². The zero-order valence-electron chi connectivity index (χ0n) is 8.91. The van der Waals surface area contributed by atoms with Crippen molar-refractivity contribution >= 4 is 0 Å². The van der Waals surface area contributed by atoms with Crippen LogP contribution in [0.25, 0.3) is 0 Å². The molecule has 1 aromatic rings. The van der Waals surface area contributed by atoms with Crippen LogP contribution in [-0.2, 0) is 11.2 Å². The molecule has 2 atom stereocenters. The molecular formula is C12H16O2. The van der Waals surface area contributed by atoms with Gasteiger partial charge in [-0.2, -0.15) is 0 Å². The Kier molecular flexibility index (Phi) is 2.46. The highest BCUT2D eigenvalue weighted by Gasteiger charge is 2.37.